The maximum atomic E-state index is 13.0. The Morgan fingerprint density at radius 1 is 0.692 bits per heavy atom. The van der Waals surface area contributed by atoms with Gasteiger partial charge >= 0.3 is 11.9 Å². The molecule has 4 rings (SSSR count). The lowest BCUT2D eigenvalue weighted by molar-refractivity contribution is -0.180. The number of para-hydroxylation sites is 1. The van der Waals surface area contributed by atoms with E-state index in [2.05, 4.69) is 21.3 Å². The molecule has 39 heavy (non-hydrogen) atoms. The lowest BCUT2D eigenvalue weighted by Gasteiger charge is -2.45. The Kier molecular flexibility index (Phi) is 7.99. The van der Waals surface area contributed by atoms with E-state index in [4.69, 9.17) is 4.74 Å². The topological polar surface area (TPSA) is 166 Å². The molecule has 0 aliphatic heterocycles. The van der Waals surface area contributed by atoms with Crippen LogP contribution in [0, 0.1) is 23.7 Å². The molecule has 0 bridgehead atoms. The largest absolute Gasteiger partial charge is 0.481 e. The van der Waals surface area contributed by atoms with Gasteiger partial charge in [0, 0.05) is 31.2 Å². The Morgan fingerprint density at radius 3 is 1.82 bits per heavy atom. The van der Waals surface area contributed by atoms with Crippen molar-refractivity contribution in [3.63, 3.8) is 0 Å². The summed E-state index contributed by atoms with van der Waals surface area (Å²) in [4.78, 5) is 48.7. The van der Waals surface area contributed by atoms with Gasteiger partial charge in [0.2, 0.25) is 11.8 Å². The van der Waals surface area contributed by atoms with E-state index in [1.54, 1.807) is 37.4 Å². The van der Waals surface area contributed by atoms with Crippen molar-refractivity contribution in [2.45, 2.75) is 0 Å². The van der Waals surface area contributed by atoms with Crippen molar-refractivity contribution in [3.8, 4) is 11.5 Å². The Balaban J connectivity index is 1.47. The third-order valence-electron chi connectivity index (χ3n) is 6.63. The summed E-state index contributed by atoms with van der Waals surface area (Å²) in [5, 5.41) is 30.2. The average Bonchev–Trinajstić information content (AvgIpc) is 2.90. The molecule has 202 valence electrons. The van der Waals surface area contributed by atoms with E-state index in [9.17, 15) is 29.4 Å². The normalized spacial score (nSPS) is 19.6. The smallest absolute Gasteiger partial charge is 0.308 e. The van der Waals surface area contributed by atoms with Crippen LogP contribution in [0.4, 0.5) is 22.7 Å². The SMILES string of the molecule is CNC(=O)C1C(C(=O)O)C(C(=O)O)C1C(=O)Nc1ccc(Oc2ccc(Nc3ccccc3)cc2)c(NC)c1. The molecule has 1 aliphatic carbocycles. The third-order valence-corrected chi connectivity index (χ3v) is 6.63. The molecule has 1 aliphatic rings. The fraction of sp³-hybridized carbons (Fsp3) is 0.214. The minimum atomic E-state index is -1.53. The number of ether oxygens (including phenoxy) is 1. The number of amides is 2. The quantitative estimate of drug-likeness (QED) is 0.229. The maximum Gasteiger partial charge on any atom is 0.308 e. The average molecular weight is 533 g/mol. The Labute approximate surface area is 224 Å². The third kappa shape index (κ3) is 5.77. The number of hydrogen-bond acceptors (Lipinski definition) is 7. The number of rotatable bonds is 10. The van der Waals surface area contributed by atoms with Crippen LogP contribution in [0.15, 0.2) is 72.8 Å². The summed E-state index contributed by atoms with van der Waals surface area (Å²) in [6, 6.07) is 21.9. The summed E-state index contributed by atoms with van der Waals surface area (Å²) in [6.07, 6.45) is 0. The summed E-state index contributed by atoms with van der Waals surface area (Å²) >= 11 is 0. The predicted octanol–water partition coefficient (Wildman–Crippen LogP) is 3.60. The summed E-state index contributed by atoms with van der Waals surface area (Å²) < 4.78 is 6.00. The highest BCUT2D eigenvalue weighted by Gasteiger charge is 2.63. The van der Waals surface area contributed by atoms with Crippen molar-refractivity contribution in [3.05, 3.63) is 72.8 Å². The van der Waals surface area contributed by atoms with Gasteiger partial charge in [-0.3, -0.25) is 19.2 Å². The van der Waals surface area contributed by atoms with Gasteiger partial charge < -0.3 is 36.2 Å². The van der Waals surface area contributed by atoms with E-state index in [0.717, 1.165) is 11.4 Å². The second kappa shape index (κ2) is 11.5. The van der Waals surface area contributed by atoms with Crippen LogP contribution in [0.5, 0.6) is 11.5 Å². The van der Waals surface area contributed by atoms with Crippen LogP contribution in [-0.2, 0) is 19.2 Å². The van der Waals surface area contributed by atoms with Gasteiger partial charge in [-0.25, -0.2) is 0 Å². The van der Waals surface area contributed by atoms with E-state index in [0.29, 0.717) is 22.9 Å². The van der Waals surface area contributed by atoms with Gasteiger partial charge in [0.05, 0.1) is 29.4 Å². The van der Waals surface area contributed by atoms with Crippen molar-refractivity contribution in [2.24, 2.45) is 23.7 Å². The van der Waals surface area contributed by atoms with Crippen LogP contribution >= 0.6 is 0 Å². The van der Waals surface area contributed by atoms with Crippen LogP contribution in [0.1, 0.15) is 0 Å². The number of carbonyl (C=O) groups excluding carboxylic acids is 2. The van der Waals surface area contributed by atoms with Crippen LogP contribution < -0.4 is 26.0 Å². The van der Waals surface area contributed by atoms with Crippen molar-refractivity contribution < 1.29 is 34.1 Å². The summed E-state index contributed by atoms with van der Waals surface area (Å²) in [6.45, 7) is 0. The van der Waals surface area contributed by atoms with Crippen LogP contribution in [-0.4, -0.2) is 48.1 Å². The van der Waals surface area contributed by atoms with Crippen LogP contribution in [0.2, 0.25) is 0 Å². The molecule has 0 spiro atoms. The highest BCUT2D eigenvalue weighted by atomic mass is 16.5. The van der Waals surface area contributed by atoms with Crippen molar-refractivity contribution >= 4 is 46.5 Å². The Bertz CT molecular complexity index is 1380. The van der Waals surface area contributed by atoms with Gasteiger partial charge in [-0.1, -0.05) is 18.2 Å². The predicted molar refractivity (Wildman–Crippen MR) is 144 cm³/mol. The highest BCUT2D eigenvalue weighted by molar-refractivity contribution is 6.04. The molecule has 11 nitrogen and oxygen atoms in total. The first kappa shape index (κ1) is 27.0. The first-order valence-electron chi connectivity index (χ1n) is 12.1. The zero-order valence-corrected chi connectivity index (χ0v) is 21.2. The molecule has 4 atom stereocenters. The number of anilines is 4. The maximum absolute atomic E-state index is 13.0. The second-order valence-corrected chi connectivity index (χ2v) is 8.96. The number of aliphatic carboxylic acids is 2. The standard InChI is InChI=1S/C28H28N4O7/c1-29-19-14-17(32-26(34)22-21(25(33)30-2)23(27(35)36)24(22)28(37)38)10-13-20(19)39-18-11-8-16(9-12-18)31-15-6-4-3-5-7-15/h3-14,21-24,29,31H,1-2H3,(H,30,33)(H,32,34)(H,35,36)(H,37,38). The number of nitrogens with one attached hydrogen (secondary N) is 4. The number of carbonyl (C=O) groups is 4. The molecular weight excluding hydrogens is 504 g/mol. The fourth-order valence-electron chi connectivity index (χ4n) is 4.72. The van der Waals surface area contributed by atoms with Gasteiger partial charge in [0.1, 0.15) is 5.75 Å². The molecule has 6 N–H and O–H groups in total. The molecule has 0 radical (unpaired) electrons. The van der Waals surface area contributed by atoms with Crippen molar-refractivity contribution in [1.29, 1.82) is 0 Å². The lowest BCUT2D eigenvalue weighted by Crippen LogP contribution is -2.62. The van der Waals surface area contributed by atoms with Crippen LogP contribution in [0.25, 0.3) is 0 Å². The summed E-state index contributed by atoms with van der Waals surface area (Å²) in [5.74, 6) is -8.99. The van der Waals surface area contributed by atoms with Crippen LogP contribution in [0.3, 0.4) is 0 Å². The van der Waals surface area contributed by atoms with E-state index in [1.165, 1.54) is 7.05 Å². The molecule has 3 aromatic rings. The van der Waals surface area contributed by atoms with Gasteiger partial charge in [0.25, 0.3) is 0 Å². The highest BCUT2D eigenvalue weighted by Crippen LogP contribution is 2.47. The monoisotopic (exact) mass is 532 g/mol. The Hall–Kier alpha value is -5.06. The minimum absolute atomic E-state index is 0.317. The molecule has 4 unspecified atom stereocenters. The number of benzene rings is 3. The fourth-order valence-corrected chi connectivity index (χ4v) is 4.72. The zero-order chi connectivity index (χ0) is 28.1. The van der Waals surface area contributed by atoms with Crippen molar-refractivity contribution in [2.75, 3.05) is 30.0 Å². The van der Waals surface area contributed by atoms with Crippen molar-refractivity contribution in [1.82, 2.24) is 5.32 Å². The molecule has 1 fully saturated rings. The van der Waals surface area contributed by atoms with E-state index < -0.39 is 47.4 Å². The molecule has 0 heterocycles. The lowest BCUT2D eigenvalue weighted by atomic mass is 9.55. The summed E-state index contributed by atoms with van der Waals surface area (Å²) in [7, 11) is 2.97. The molecule has 2 amide bonds. The van der Waals surface area contributed by atoms with Gasteiger partial charge in [-0.15, -0.1) is 0 Å². The van der Waals surface area contributed by atoms with E-state index >= 15 is 0 Å². The molecule has 0 aromatic heterocycles. The van der Waals surface area contributed by atoms with E-state index in [-0.39, 0.29) is 0 Å². The summed E-state index contributed by atoms with van der Waals surface area (Å²) in [5.41, 5.74) is 2.70. The number of hydrogen-bond donors (Lipinski definition) is 6. The van der Waals surface area contributed by atoms with Gasteiger partial charge in [0.15, 0.2) is 5.75 Å². The first-order chi connectivity index (χ1) is 18.7. The molecule has 0 saturated heterocycles. The minimum Gasteiger partial charge on any atom is -0.481 e. The molecular formula is C28H28N4O7. The number of carboxylic acid groups (broad SMARTS) is 2. The zero-order valence-electron chi connectivity index (χ0n) is 21.2. The molecule has 11 heteroatoms. The van der Waals surface area contributed by atoms with E-state index in [1.807, 2.05) is 42.5 Å². The molecule has 1 saturated carbocycles. The molecule has 3 aromatic carbocycles. The van der Waals surface area contributed by atoms with Gasteiger partial charge in [-0.05, 0) is 54.6 Å². The number of carboxylic acids is 2. The Morgan fingerprint density at radius 2 is 1.26 bits per heavy atom. The second-order valence-electron chi connectivity index (χ2n) is 8.96. The van der Waals surface area contributed by atoms with Gasteiger partial charge in [-0.2, -0.15) is 0 Å². The first-order valence-corrected chi connectivity index (χ1v) is 12.1.